The lowest BCUT2D eigenvalue weighted by Gasteiger charge is -2.22. The van der Waals surface area contributed by atoms with Crippen LogP contribution in [0.1, 0.15) is 0 Å². The molecule has 2 aromatic rings. The van der Waals surface area contributed by atoms with Crippen molar-refractivity contribution in [1.29, 1.82) is 0 Å². The number of hydrogen-bond acceptors (Lipinski definition) is 7. The minimum absolute atomic E-state index is 0.0330. The molecule has 1 N–H and O–H groups in total. The first kappa shape index (κ1) is 16.5. The van der Waals surface area contributed by atoms with Gasteiger partial charge >= 0.3 is 0 Å². The van der Waals surface area contributed by atoms with E-state index in [1.165, 1.54) is 23.5 Å². The molecule has 0 spiro atoms. The van der Waals surface area contributed by atoms with Gasteiger partial charge in [0.15, 0.2) is 10.2 Å². The Balaban J connectivity index is 2.17. The van der Waals surface area contributed by atoms with Gasteiger partial charge in [0.1, 0.15) is 13.5 Å². The van der Waals surface area contributed by atoms with Gasteiger partial charge in [0.2, 0.25) is 0 Å². The van der Waals surface area contributed by atoms with Crippen molar-refractivity contribution in [1.82, 2.24) is 9.88 Å². The zero-order valence-electron chi connectivity index (χ0n) is 11.9. The lowest BCUT2D eigenvalue weighted by molar-refractivity contribution is -0.384. The van der Waals surface area contributed by atoms with Crippen LogP contribution < -0.4 is 5.32 Å². The molecule has 118 valence electrons. The number of thiazole rings is 1. The van der Waals surface area contributed by atoms with Crippen LogP contribution in [0.3, 0.4) is 0 Å². The van der Waals surface area contributed by atoms with E-state index in [9.17, 15) is 10.1 Å². The maximum Gasteiger partial charge on any atom is 0.270 e. The van der Waals surface area contributed by atoms with E-state index in [0.29, 0.717) is 20.5 Å². The highest BCUT2D eigenvalue weighted by Crippen LogP contribution is 2.29. The van der Waals surface area contributed by atoms with E-state index < -0.39 is 4.92 Å². The van der Waals surface area contributed by atoms with Gasteiger partial charge in [-0.2, -0.15) is 0 Å². The zero-order chi connectivity index (χ0) is 16.1. The number of hydrogen-bond donors (Lipinski definition) is 1. The highest BCUT2D eigenvalue weighted by molar-refractivity contribution is 7.80. The predicted octanol–water partition coefficient (Wildman–Crippen LogP) is 2.41. The molecule has 1 aromatic carbocycles. The van der Waals surface area contributed by atoms with Crippen molar-refractivity contribution in [2.45, 2.75) is 0 Å². The molecule has 22 heavy (non-hydrogen) atoms. The van der Waals surface area contributed by atoms with Gasteiger partial charge < -0.3 is 19.7 Å². The maximum atomic E-state index is 10.8. The van der Waals surface area contributed by atoms with E-state index in [0.717, 1.165) is 0 Å². The third-order valence-electron chi connectivity index (χ3n) is 2.65. The average molecular weight is 342 g/mol. The predicted molar refractivity (Wildman–Crippen MR) is 88.1 cm³/mol. The molecule has 0 atom stereocenters. The van der Waals surface area contributed by atoms with Crippen molar-refractivity contribution in [2.24, 2.45) is 0 Å². The lowest BCUT2D eigenvalue weighted by Crippen LogP contribution is -2.37. The van der Waals surface area contributed by atoms with Gasteiger partial charge in [-0.25, -0.2) is 4.98 Å². The summed E-state index contributed by atoms with van der Waals surface area (Å²) < 4.78 is 10.8. The number of non-ortho nitro benzene ring substituents is 1. The molecule has 0 fully saturated rings. The van der Waals surface area contributed by atoms with Gasteiger partial charge in [0.25, 0.3) is 5.69 Å². The summed E-state index contributed by atoms with van der Waals surface area (Å²) in [6, 6.07) is 4.52. The number of benzene rings is 1. The van der Waals surface area contributed by atoms with Gasteiger partial charge in [-0.15, -0.1) is 0 Å². The average Bonchev–Trinajstić information content (AvgIpc) is 2.87. The summed E-state index contributed by atoms with van der Waals surface area (Å²) in [5.74, 6) is 0. The first-order chi connectivity index (χ1) is 10.5. The fourth-order valence-electron chi connectivity index (χ4n) is 1.72. The molecule has 0 bridgehead atoms. The van der Waals surface area contributed by atoms with Crippen LogP contribution in [-0.2, 0) is 9.47 Å². The smallest absolute Gasteiger partial charge is 0.270 e. The molecular formula is C12H14N4O4S2. The van der Waals surface area contributed by atoms with Gasteiger partial charge in [-0.05, 0) is 18.3 Å². The molecular weight excluding hydrogens is 328 g/mol. The summed E-state index contributed by atoms with van der Waals surface area (Å²) in [4.78, 5) is 16.4. The molecule has 1 heterocycles. The fraction of sp³-hybridized carbons (Fsp3) is 0.333. The number of thiocarbonyl (C=S) groups is 1. The summed E-state index contributed by atoms with van der Waals surface area (Å²) >= 11 is 6.56. The topological polar surface area (TPSA) is 89.8 Å². The Morgan fingerprint density at radius 2 is 2.14 bits per heavy atom. The molecule has 0 saturated carbocycles. The number of anilines is 1. The Labute approximate surface area is 135 Å². The number of nitro groups is 1. The van der Waals surface area contributed by atoms with Crippen LogP contribution in [0.25, 0.3) is 10.2 Å². The normalized spacial score (nSPS) is 10.6. The number of nitrogens with zero attached hydrogens (tertiary/aromatic N) is 3. The van der Waals surface area contributed by atoms with Crippen LogP contribution in [0.15, 0.2) is 18.2 Å². The Morgan fingerprint density at radius 1 is 1.45 bits per heavy atom. The second-order valence-electron chi connectivity index (χ2n) is 4.23. The number of nitro benzene ring substituents is 1. The van der Waals surface area contributed by atoms with Crippen LogP contribution in [0, 0.1) is 10.1 Å². The van der Waals surface area contributed by atoms with Crippen molar-refractivity contribution >= 4 is 49.7 Å². The molecule has 0 aliphatic rings. The molecule has 0 aliphatic carbocycles. The number of fused-ring (bicyclic) bond motifs is 1. The van der Waals surface area contributed by atoms with Gasteiger partial charge in [-0.3, -0.25) is 10.1 Å². The van der Waals surface area contributed by atoms with Crippen LogP contribution >= 0.6 is 23.6 Å². The van der Waals surface area contributed by atoms with E-state index >= 15 is 0 Å². The van der Waals surface area contributed by atoms with Crippen LogP contribution in [-0.4, -0.2) is 47.6 Å². The molecule has 0 amide bonds. The highest BCUT2D eigenvalue weighted by Gasteiger charge is 2.13. The van der Waals surface area contributed by atoms with E-state index in [2.05, 4.69) is 10.3 Å². The van der Waals surface area contributed by atoms with Crippen LogP contribution in [0.2, 0.25) is 0 Å². The van der Waals surface area contributed by atoms with E-state index in [-0.39, 0.29) is 19.1 Å². The van der Waals surface area contributed by atoms with E-state index in [1.54, 1.807) is 25.2 Å². The summed E-state index contributed by atoms with van der Waals surface area (Å²) in [6.45, 7) is 0.548. The zero-order valence-corrected chi connectivity index (χ0v) is 13.6. The summed E-state index contributed by atoms with van der Waals surface area (Å²) in [7, 11) is 3.12. The minimum Gasteiger partial charge on any atom is -0.364 e. The largest absolute Gasteiger partial charge is 0.364 e. The second-order valence-corrected chi connectivity index (χ2v) is 5.65. The summed E-state index contributed by atoms with van der Waals surface area (Å²) in [5, 5.41) is 14.7. The SMILES string of the molecule is COCN(COC)C(=S)Nc1nc2ccc([N+](=O)[O-])cc2s1. The third kappa shape index (κ3) is 3.85. The Kier molecular flexibility index (Phi) is 5.55. The van der Waals surface area contributed by atoms with E-state index in [4.69, 9.17) is 21.7 Å². The van der Waals surface area contributed by atoms with Crippen molar-refractivity contribution in [3.8, 4) is 0 Å². The summed E-state index contributed by atoms with van der Waals surface area (Å²) in [5.41, 5.74) is 0.705. The molecule has 0 unspecified atom stereocenters. The molecule has 2 rings (SSSR count). The Morgan fingerprint density at radius 3 is 2.73 bits per heavy atom. The maximum absolute atomic E-state index is 10.8. The fourth-order valence-corrected chi connectivity index (χ4v) is 2.88. The van der Waals surface area contributed by atoms with Crippen LogP contribution in [0.4, 0.5) is 10.8 Å². The molecule has 10 heteroatoms. The molecule has 1 aromatic heterocycles. The van der Waals surface area contributed by atoms with E-state index in [1.807, 2.05) is 0 Å². The molecule has 8 nitrogen and oxygen atoms in total. The van der Waals surface area contributed by atoms with Gasteiger partial charge in [-0.1, -0.05) is 11.3 Å². The Hall–Kier alpha value is -1.88. The van der Waals surface area contributed by atoms with Crippen LogP contribution in [0.5, 0.6) is 0 Å². The van der Waals surface area contributed by atoms with Crippen molar-refractivity contribution in [2.75, 3.05) is 33.0 Å². The number of rotatable bonds is 6. The standard InChI is InChI=1S/C12H14N4O4S2/c1-19-6-15(7-20-2)12(21)14-11-13-9-4-3-8(16(17)18)5-10(9)22-11/h3-5H,6-7H2,1-2H3,(H,13,14,21). The highest BCUT2D eigenvalue weighted by atomic mass is 32.1. The number of methoxy groups -OCH3 is 2. The summed E-state index contributed by atoms with van der Waals surface area (Å²) in [6.07, 6.45) is 0. The second kappa shape index (κ2) is 7.40. The minimum atomic E-state index is -0.435. The van der Waals surface area contributed by atoms with Gasteiger partial charge in [0, 0.05) is 26.4 Å². The molecule has 0 radical (unpaired) electrons. The quantitative estimate of drug-likeness (QED) is 0.370. The Bertz CT molecular complexity index is 685. The number of aromatic nitrogens is 1. The van der Waals surface area contributed by atoms with Gasteiger partial charge in [0.05, 0.1) is 15.1 Å². The number of nitrogens with one attached hydrogen (secondary N) is 1. The monoisotopic (exact) mass is 342 g/mol. The lowest BCUT2D eigenvalue weighted by atomic mass is 10.3. The first-order valence-corrected chi connectivity index (χ1v) is 7.36. The third-order valence-corrected chi connectivity index (χ3v) is 3.95. The molecule has 0 aliphatic heterocycles. The van der Waals surface area contributed by atoms with Crippen molar-refractivity contribution in [3.05, 3.63) is 28.3 Å². The first-order valence-electron chi connectivity index (χ1n) is 6.14. The van der Waals surface area contributed by atoms with Crippen molar-refractivity contribution in [3.63, 3.8) is 0 Å². The molecule has 0 saturated heterocycles. The number of ether oxygens (including phenoxy) is 2. The van der Waals surface area contributed by atoms with Crippen molar-refractivity contribution < 1.29 is 14.4 Å².